The number of carbonyl (C=O) groups is 2. The number of para-hydroxylation sites is 1. The van der Waals surface area contributed by atoms with E-state index in [1.165, 1.54) is 36.6 Å². The zero-order chi connectivity index (χ0) is 19.2. The normalized spacial score (nSPS) is 10.7. The highest BCUT2D eigenvalue weighted by atomic mass is 32.1. The number of carbonyl (C=O) groups excluding carboxylic acids is 1. The molecule has 0 bridgehead atoms. The summed E-state index contributed by atoms with van der Waals surface area (Å²) in [5.74, 6) is -1.11. The summed E-state index contributed by atoms with van der Waals surface area (Å²) in [6.07, 6.45) is 1.54. The van der Waals surface area contributed by atoms with Gasteiger partial charge in [0.05, 0.1) is 28.8 Å². The van der Waals surface area contributed by atoms with Crippen LogP contribution in [-0.2, 0) is 4.79 Å². The van der Waals surface area contributed by atoms with Crippen molar-refractivity contribution in [3.63, 3.8) is 0 Å². The average Bonchev–Trinajstić information content (AvgIpc) is 3.11. The smallest absolute Gasteiger partial charge is 0.335 e. The maximum atomic E-state index is 12.0. The Morgan fingerprint density at radius 3 is 2.48 bits per heavy atom. The second-order valence-electron chi connectivity index (χ2n) is 5.50. The lowest BCUT2D eigenvalue weighted by Gasteiger charge is -2.17. The molecule has 2 N–H and O–H groups in total. The third-order valence-corrected chi connectivity index (χ3v) is 4.40. The number of benzene rings is 2. The minimum Gasteiger partial charge on any atom is -0.478 e. The molecule has 1 heterocycles. The molecule has 1 aromatic heterocycles. The Balaban J connectivity index is 1.70. The Kier molecular flexibility index (Phi) is 5.58. The molecular formula is C19H16N4O3S. The number of carboxylic acids is 1. The van der Waals surface area contributed by atoms with Gasteiger partial charge in [0.1, 0.15) is 0 Å². The number of hydrogen-bond acceptors (Lipinski definition) is 6. The van der Waals surface area contributed by atoms with E-state index >= 15 is 0 Å². The summed E-state index contributed by atoms with van der Waals surface area (Å²) < 4.78 is 0. The molecule has 0 spiro atoms. The first kappa shape index (κ1) is 18.3. The van der Waals surface area contributed by atoms with Crippen molar-refractivity contribution >= 4 is 45.9 Å². The second kappa shape index (κ2) is 8.24. The van der Waals surface area contributed by atoms with Crippen molar-refractivity contribution in [3.8, 4) is 0 Å². The first-order valence-electron chi connectivity index (χ1n) is 7.98. The lowest BCUT2D eigenvalue weighted by atomic mass is 10.2. The van der Waals surface area contributed by atoms with Crippen molar-refractivity contribution in [3.05, 3.63) is 71.2 Å². The summed E-state index contributed by atoms with van der Waals surface area (Å²) >= 11 is 1.34. The Labute approximate surface area is 159 Å². The van der Waals surface area contributed by atoms with Crippen molar-refractivity contribution in [2.45, 2.75) is 6.92 Å². The van der Waals surface area contributed by atoms with E-state index in [-0.39, 0.29) is 11.5 Å². The Hall–Kier alpha value is -3.52. The molecule has 0 saturated heterocycles. The van der Waals surface area contributed by atoms with Crippen molar-refractivity contribution in [1.82, 2.24) is 4.98 Å². The van der Waals surface area contributed by atoms with E-state index in [1.807, 2.05) is 30.3 Å². The third kappa shape index (κ3) is 4.56. The van der Waals surface area contributed by atoms with Crippen LogP contribution in [0, 0.1) is 0 Å². The zero-order valence-electron chi connectivity index (χ0n) is 14.4. The lowest BCUT2D eigenvalue weighted by molar-refractivity contribution is -0.115. The molecule has 0 saturated carbocycles. The number of nitrogens with one attached hydrogen (secondary N) is 1. The summed E-state index contributed by atoms with van der Waals surface area (Å²) in [6.45, 7) is 1.49. The van der Waals surface area contributed by atoms with Gasteiger partial charge in [0.15, 0.2) is 5.13 Å². The molecule has 2 aromatic carbocycles. The number of carboxylic acid groups (broad SMARTS) is 1. The standard InChI is InChI=1S/C19H16N4O3S/c1-13(24)23(17-5-3-2-4-6-17)19-21-16(12-27-19)11-20-22-15-9-7-14(8-10-15)18(25)26/h2-12,22H,1H3,(H,25,26)/b20-11-. The van der Waals surface area contributed by atoms with Crippen LogP contribution in [0.15, 0.2) is 65.1 Å². The quantitative estimate of drug-likeness (QED) is 0.498. The maximum absolute atomic E-state index is 12.0. The van der Waals surface area contributed by atoms with Crippen molar-refractivity contribution < 1.29 is 14.7 Å². The molecule has 0 aliphatic heterocycles. The number of nitrogens with zero attached hydrogens (tertiary/aromatic N) is 3. The van der Waals surface area contributed by atoms with Crippen molar-refractivity contribution in [1.29, 1.82) is 0 Å². The van der Waals surface area contributed by atoms with Crippen LogP contribution in [0.1, 0.15) is 23.0 Å². The van der Waals surface area contributed by atoms with E-state index < -0.39 is 5.97 Å². The minimum absolute atomic E-state index is 0.129. The van der Waals surface area contributed by atoms with Crippen molar-refractivity contribution in [2.75, 3.05) is 10.3 Å². The van der Waals surface area contributed by atoms with Gasteiger partial charge in [-0.2, -0.15) is 5.10 Å². The number of thiazole rings is 1. The van der Waals surface area contributed by atoms with E-state index in [1.54, 1.807) is 22.4 Å². The number of amides is 1. The van der Waals surface area contributed by atoms with Gasteiger partial charge >= 0.3 is 5.97 Å². The summed E-state index contributed by atoms with van der Waals surface area (Å²) in [4.78, 5) is 28.8. The van der Waals surface area contributed by atoms with Crippen LogP contribution in [0.4, 0.5) is 16.5 Å². The van der Waals surface area contributed by atoms with Gasteiger partial charge < -0.3 is 5.11 Å². The van der Waals surface area contributed by atoms with Crippen LogP contribution < -0.4 is 10.3 Å². The molecule has 3 aromatic rings. The number of rotatable bonds is 6. The lowest BCUT2D eigenvalue weighted by Crippen LogP contribution is -2.22. The molecule has 27 heavy (non-hydrogen) atoms. The maximum Gasteiger partial charge on any atom is 0.335 e. The van der Waals surface area contributed by atoms with Crippen LogP contribution in [0.5, 0.6) is 0 Å². The first-order valence-corrected chi connectivity index (χ1v) is 8.86. The monoisotopic (exact) mass is 380 g/mol. The number of aromatic nitrogens is 1. The number of aromatic carboxylic acids is 1. The zero-order valence-corrected chi connectivity index (χ0v) is 15.2. The van der Waals surface area contributed by atoms with Crippen LogP contribution in [0.3, 0.4) is 0 Å². The highest BCUT2D eigenvalue weighted by Gasteiger charge is 2.17. The molecule has 0 unspecified atom stereocenters. The summed E-state index contributed by atoms with van der Waals surface area (Å²) in [7, 11) is 0. The SMILES string of the molecule is CC(=O)N(c1ccccc1)c1nc(/C=N\Nc2ccc(C(=O)O)cc2)cs1. The molecule has 136 valence electrons. The van der Waals surface area contributed by atoms with Gasteiger partial charge in [0, 0.05) is 12.3 Å². The number of anilines is 3. The van der Waals surface area contributed by atoms with Crippen LogP contribution in [-0.4, -0.2) is 28.2 Å². The number of hydrazone groups is 1. The topological polar surface area (TPSA) is 94.9 Å². The molecule has 8 heteroatoms. The summed E-state index contributed by atoms with van der Waals surface area (Å²) in [5.41, 5.74) is 5.03. The molecule has 3 rings (SSSR count). The minimum atomic E-state index is -0.978. The number of hydrogen-bond donors (Lipinski definition) is 2. The molecule has 0 radical (unpaired) electrons. The van der Waals surface area contributed by atoms with E-state index in [4.69, 9.17) is 5.11 Å². The van der Waals surface area contributed by atoms with Gasteiger partial charge in [-0.15, -0.1) is 11.3 Å². The van der Waals surface area contributed by atoms with Crippen LogP contribution in [0.2, 0.25) is 0 Å². The summed E-state index contributed by atoms with van der Waals surface area (Å²) in [5, 5.41) is 15.3. The molecule has 7 nitrogen and oxygen atoms in total. The van der Waals surface area contributed by atoms with Gasteiger partial charge in [-0.1, -0.05) is 18.2 Å². The Bertz CT molecular complexity index is 968. The largest absolute Gasteiger partial charge is 0.478 e. The van der Waals surface area contributed by atoms with Gasteiger partial charge in [0.2, 0.25) is 5.91 Å². The fourth-order valence-electron chi connectivity index (χ4n) is 2.30. The van der Waals surface area contributed by atoms with Gasteiger partial charge in [0.25, 0.3) is 0 Å². The van der Waals surface area contributed by atoms with E-state index in [2.05, 4.69) is 15.5 Å². The highest BCUT2D eigenvalue weighted by molar-refractivity contribution is 7.14. The molecule has 0 atom stereocenters. The van der Waals surface area contributed by atoms with Crippen LogP contribution >= 0.6 is 11.3 Å². The Morgan fingerprint density at radius 1 is 1.15 bits per heavy atom. The molecule has 0 aliphatic rings. The predicted octanol–water partition coefficient (Wildman–Crippen LogP) is 3.97. The highest BCUT2D eigenvalue weighted by Crippen LogP contribution is 2.28. The summed E-state index contributed by atoms with van der Waals surface area (Å²) in [6, 6.07) is 15.5. The van der Waals surface area contributed by atoms with Crippen molar-refractivity contribution in [2.24, 2.45) is 5.10 Å². The van der Waals surface area contributed by atoms with Gasteiger partial charge in [-0.3, -0.25) is 15.1 Å². The average molecular weight is 380 g/mol. The fourth-order valence-corrected chi connectivity index (χ4v) is 3.14. The fraction of sp³-hybridized carbons (Fsp3) is 0.0526. The van der Waals surface area contributed by atoms with E-state index in [9.17, 15) is 9.59 Å². The third-order valence-electron chi connectivity index (χ3n) is 3.55. The van der Waals surface area contributed by atoms with E-state index in [0.717, 1.165) is 5.69 Å². The van der Waals surface area contributed by atoms with Crippen LogP contribution in [0.25, 0.3) is 0 Å². The Morgan fingerprint density at radius 2 is 1.85 bits per heavy atom. The first-order chi connectivity index (χ1) is 13.0. The van der Waals surface area contributed by atoms with Gasteiger partial charge in [-0.25, -0.2) is 9.78 Å². The van der Waals surface area contributed by atoms with E-state index in [0.29, 0.717) is 16.5 Å². The second-order valence-corrected chi connectivity index (χ2v) is 6.33. The molecule has 0 aliphatic carbocycles. The molecule has 0 fully saturated rings. The van der Waals surface area contributed by atoms with Gasteiger partial charge in [-0.05, 0) is 36.4 Å². The molecule has 1 amide bonds. The molecular weight excluding hydrogens is 364 g/mol. The predicted molar refractivity (Wildman–Crippen MR) is 106 cm³/mol.